The molecule has 0 radical (unpaired) electrons. The zero-order chi connectivity index (χ0) is 15.0. The van der Waals surface area contributed by atoms with Crippen LogP contribution in [0.25, 0.3) is 0 Å². The summed E-state index contributed by atoms with van der Waals surface area (Å²) >= 11 is 0. The monoisotopic (exact) mass is 294 g/mol. The Morgan fingerprint density at radius 3 is 2.29 bits per heavy atom. The molecule has 3 rings (SSSR count). The van der Waals surface area contributed by atoms with Crippen molar-refractivity contribution in [1.29, 1.82) is 0 Å². The first-order valence-electron chi connectivity index (χ1n) is 8.34. The highest BCUT2D eigenvalue weighted by Gasteiger charge is 2.53. The van der Waals surface area contributed by atoms with Crippen molar-refractivity contribution in [1.82, 2.24) is 15.5 Å². The minimum atomic E-state index is 0.173. The van der Waals surface area contributed by atoms with Gasteiger partial charge in [-0.1, -0.05) is 0 Å². The Hall–Kier alpha value is -0.810. The highest BCUT2D eigenvalue weighted by molar-refractivity contribution is 5.80. The van der Waals surface area contributed by atoms with E-state index in [2.05, 4.69) is 41.3 Å². The summed E-state index contributed by atoms with van der Waals surface area (Å²) in [5.74, 6) is 2.52. The molecule has 0 aromatic rings. The third-order valence-electron chi connectivity index (χ3n) is 5.03. The third-order valence-corrected chi connectivity index (χ3v) is 5.03. The van der Waals surface area contributed by atoms with E-state index in [0.29, 0.717) is 12.2 Å². The average molecular weight is 294 g/mol. The van der Waals surface area contributed by atoms with E-state index in [-0.39, 0.29) is 5.54 Å². The van der Waals surface area contributed by atoms with Gasteiger partial charge in [0.15, 0.2) is 5.96 Å². The largest absolute Gasteiger partial charge is 0.374 e. The summed E-state index contributed by atoms with van der Waals surface area (Å²) < 4.78 is 6.04. The maximum absolute atomic E-state index is 6.04. The molecule has 4 unspecified atom stereocenters. The number of hydrogen-bond donors (Lipinski definition) is 2. The van der Waals surface area contributed by atoms with Gasteiger partial charge in [-0.15, -0.1) is 0 Å². The zero-order valence-corrected chi connectivity index (χ0v) is 13.9. The fourth-order valence-corrected chi connectivity index (χ4v) is 4.08. The summed E-state index contributed by atoms with van der Waals surface area (Å²) in [5, 5.41) is 7.00. The van der Waals surface area contributed by atoms with Crippen LogP contribution in [0.1, 0.15) is 33.6 Å². The highest BCUT2D eigenvalue weighted by atomic mass is 16.5. The molecule has 5 heteroatoms. The number of aliphatic imine (C=N–C) groups is 1. The summed E-state index contributed by atoms with van der Waals surface area (Å²) in [6, 6.07) is 0. The second-order valence-electron chi connectivity index (χ2n) is 7.67. The van der Waals surface area contributed by atoms with Gasteiger partial charge in [-0.2, -0.15) is 0 Å². The molecule has 0 amide bonds. The molecule has 3 heterocycles. The van der Waals surface area contributed by atoms with Gasteiger partial charge in [-0.25, -0.2) is 0 Å². The number of nitrogens with zero attached hydrogens (tertiary/aromatic N) is 2. The SMILES string of the molecule is CN=C(NCCNC(C)(C)C)N1CC2C3CCC(O3)C2C1. The molecule has 3 aliphatic heterocycles. The molecule has 0 saturated carbocycles. The van der Waals surface area contributed by atoms with Crippen LogP contribution in [0.3, 0.4) is 0 Å². The number of ether oxygens (including phenoxy) is 1. The average Bonchev–Trinajstić information content (AvgIpc) is 3.09. The minimum Gasteiger partial charge on any atom is -0.374 e. The van der Waals surface area contributed by atoms with Crippen molar-refractivity contribution in [3.8, 4) is 0 Å². The number of rotatable bonds is 3. The second kappa shape index (κ2) is 5.76. The Morgan fingerprint density at radius 2 is 1.76 bits per heavy atom. The van der Waals surface area contributed by atoms with E-state index in [1.165, 1.54) is 12.8 Å². The van der Waals surface area contributed by atoms with Crippen LogP contribution in [-0.4, -0.2) is 61.8 Å². The molecule has 3 aliphatic rings. The van der Waals surface area contributed by atoms with E-state index in [1.54, 1.807) is 0 Å². The van der Waals surface area contributed by atoms with Crippen LogP contribution in [-0.2, 0) is 4.74 Å². The lowest BCUT2D eigenvalue weighted by Gasteiger charge is -2.25. The molecule has 0 aromatic heterocycles. The first-order chi connectivity index (χ1) is 9.98. The lowest BCUT2D eigenvalue weighted by Crippen LogP contribution is -2.46. The zero-order valence-electron chi connectivity index (χ0n) is 13.9. The van der Waals surface area contributed by atoms with E-state index in [0.717, 1.165) is 44.0 Å². The second-order valence-corrected chi connectivity index (χ2v) is 7.67. The Labute approximate surface area is 128 Å². The van der Waals surface area contributed by atoms with Crippen LogP contribution in [0.15, 0.2) is 4.99 Å². The van der Waals surface area contributed by atoms with Crippen molar-refractivity contribution < 1.29 is 4.74 Å². The summed E-state index contributed by atoms with van der Waals surface area (Å²) in [7, 11) is 1.89. The van der Waals surface area contributed by atoms with E-state index in [1.807, 2.05) is 7.05 Å². The minimum absolute atomic E-state index is 0.173. The Balaban J connectivity index is 1.47. The van der Waals surface area contributed by atoms with Crippen LogP contribution in [0, 0.1) is 11.8 Å². The van der Waals surface area contributed by atoms with Crippen molar-refractivity contribution >= 4 is 5.96 Å². The Morgan fingerprint density at radius 1 is 1.14 bits per heavy atom. The number of likely N-dealkylation sites (tertiary alicyclic amines) is 1. The van der Waals surface area contributed by atoms with Crippen LogP contribution >= 0.6 is 0 Å². The predicted molar refractivity (Wildman–Crippen MR) is 85.6 cm³/mol. The molecule has 5 nitrogen and oxygen atoms in total. The van der Waals surface area contributed by atoms with Gasteiger partial charge in [-0.3, -0.25) is 4.99 Å². The third kappa shape index (κ3) is 3.19. The van der Waals surface area contributed by atoms with Crippen LogP contribution in [0.4, 0.5) is 0 Å². The molecule has 2 N–H and O–H groups in total. The topological polar surface area (TPSA) is 48.9 Å². The highest BCUT2D eigenvalue weighted by Crippen LogP contribution is 2.47. The van der Waals surface area contributed by atoms with Gasteiger partial charge in [0.2, 0.25) is 0 Å². The maximum Gasteiger partial charge on any atom is 0.193 e. The van der Waals surface area contributed by atoms with Crippen LogP contribution < -0.4 is 10.6 Å². The molecule has 3 saturated heterocycles. The van der Waals surface area contributed by atoms with E-state index >= 15 is 0 Å². The predicted octanol–water partition coefficient (Wildman–Crippen LogP) is 1.06. The van der Waals surface area contributed by atoms with Gasteiger partial charge in [-0.05, 0) is 33.6 Å². The first kappa shape index (κ1) is 15.1. The normalized spacial score (nSPS) is 35.4. The summed E-state index contributed by atoms with van der Waals surface area (Å²) in [5.41, 5.74) is 0.173. The maximum atomic E-state index is 6.04. The molecular weight excluding hydrogens is 264 g/mol. The summed E-state index contributed by atoms with van der Waals surface area (Å²) in [4.78, 5) is 6.90. The standard InChI is InChI=1S/C16H30N4O/c1-16(2,3)19-8-7-18-15(17-4)20-9-11-12(10-20)14-6-5-13(11)21-14/h11-14,19H,5-10H2,1-4H3,(H,17,18). The molecule has 21 heavy (non-hydrogen) atoms. The van der Waals surface area contributed by atoms with Gasteiger partial charge in [0.1, 0.15) is 0 Å². The summed E-state index contributed by atoms with van der Waals surface area (Å²) in [6.45, 7) is 10.7. The number of fused-ring (bicyclic) bond motifs is 5. The fraction of sp³-hybridized carbons (Fsp3) is 0.938. The first-order valence-corrected chi connectivity index (χ1v) is 8.34. The lowest BCUT2D eigenvalue weighted by atomic mass is 9.82. The van der Waals surface area contributed by atoms with Crippen molar-refractivity contribution in [2.75, 3.05) is 33.2 Å². The number of guanidine groups is 1. The summed E-state index contributed by atoms with van der Waals surface area (Å²) in [6.07, 6.45) is 3.57. The number of nitrogens with one attached hydrogen (secondary N) is 2. The van der Waals surface area contributed by atoms with Crippen molar-refractivity contribution in [3.63, 3.8) is 0 Å². The quantitative estimate of drug-likeness (QED) is 0.464. The smallest absolute Gasteiger partial charge is 0.193 e. The lowest BCUT2D eigenvalue weighted by molar-refractivity contribution is 0.0767. The van der Waals surface area contributed by atoms with Crippen LogP contribution in [0.2, 0.25) is 0 Å². The molecule has 120 valence electrons. The molecule has 0 aliphatic carbocycles. The van der Waals surface area contributed by atoms with E-state index in [4.69, 9.17) is 4.74 Å². The van der Waals surface area contributed by atoms with E-state index < -0.39 is 0 Å². The Kier molecular flexibility index (Phi) is 4.14. The molecule has 3 fully saturated rings. The molecule has 2 bridgehead atoms. The van der Waals surface area contributed by atoms with Gasteiger partial charge in [0, 0.05) is 50.6 Å². The van der Waals surface area contributed by atoms with Crippen molar-refractivity contribution in [2.24, 2.45) is 16.8 Å². The van der Waals surface area contributed by atoms with Gasteiger partial charge in [0.05, 0.1) is 12.2 Å². The fourth-order valence-electron chi connectivity index (χ4n) is 4.08. The molecule has 0 spiro atoms. The molecule has 4 atom stereocenters. The van der Waals surface area contributed by atoms with Crippen molar-refractivity contribution in [3.05, 3.63) is 0 Å². The van der Waals surface area contributed by atoms with Crippen molar-refractivity contribution in [2.45, 2.75) is 51.4 Å². The molecular formula is C16H30N4O. The Bertz CT molecular complexity index is 386. The molecule has 0 aromatic carbocycles. The van der Waals surface area contributed by atoms with E-state index in [9.17, 15) is 0 Å². The van der Waals surface area contributed by atoms with Gasteiger partial charge in [0.25, 0.3) is 0 Å². The number of hydrogen-bond acceptors (Lipinski definition) is 3. The van der Waals surface area contributed by atoms with Gasteiger partial charge >= 0.3 is 0 Å². The van der Waals surface area contributed by atoms with Gasteiger partial charge < -0.3 is 20.3 Å². The van der Waals surface area contributed by atoms with Crippen LogP contribution in [0.5, 0.6) is 0 Å².